The van der Waals surface area contributed by atoms with Crippen molar-refractivity contribution in [2.75, 3.05) is 19.4 Å². The van der Waals surface area contributed by atoms with E-state index < -0.39 is 15.6 Å². The van der Waals surface area contributed by atoms with Crippen molar-refractivity contribution in [3.05, 3.63) is 29.8 Å². The van der Waals surface area contributed by atoms with Gasteiger partial charge in [-0.05, 0) is 38.5 Å². The minimum absolute atomic E-state index is 0.515. The SMILES string of the molecule is CCOc1ccc(CNCC(C)(C)NS(C)(=O)=O)cc1. The van der Waals surface area contributed by atoms with Crippen molar-refractivity contribution in [2.45, 2.75) is 32.9 Å². The lowest BCUT2D eigenvalue weighted by Crippen LogP contribution is -2.49. The molecule has 1 rings (SSSR count). The van der Waals surface area contributed by atoms with E-state index in [2.05, 4.69) is 10.0 Å². The molecule has 0 fully saturated rings. The van der Waals surface area contributed by atoms with Gasteiger partial charge in [-0.1, -0.05) is 12.1 Å². The zero-order valence-corrected chi connectivity index (χ0v) is 13.4. The second-order valence-corrected chi connectivity index (χ2v) is 7.19. The first-order valence-corrected chi connectivity index (χ1v) is 8.52. The van der Waals surface area contributed by atoms with Gasteiger partial charge in [0.15, 0.2) is 0 Å². The molecule has 0 atom stereocenters. The lowest BCUT2D eigenvalue weighted by molar-refractivity contribution is 0.340. The monoisotopic (exact) mass is 300 g/mol. The summed E-state index contributed by atoms with van der Waals surface area (Å²) in [5, 5.41) is 3.25. The zero-order chi connectivity index (χ0) is 15.2. The third-order valence-corrected chi connectivity index (χ3v) is 3.52. The van der Waals surface area contributed by atoms with E-state index in [4.69, 9.17) is 4.74 Å². The van der Waals surface area contributed by atoms with Crippen LogP contribution in [-0.2, 0) is 16.6 Å². The first kappa shape index (κ1) is 16.9. The van der Waals surface area contributed by atoms with Crippen molar-refractivity contribution in [1.82, 2.24) is 10.0 Å². The summed E-state index contributed by atoms with van der Waals surface area (Å²) in [5.74, 6) is 0.857. The Hall–Kier alpha value is -1.11. The van der Waals surface area contributed by atoms with Crippen molar-refractivity contribution in [2.24, 2.45) is 0 Å². The summed E-state index contributed by atoms with van der Waals surface area (Å²) in [5.41, 5.74) is 0.613. The highest BCUT2D eigenvalue weighted by Crippen LogP contribution is 2.12. The predicted molar refractivity (Wildman–Crippen MR) is 81.4 cm³/mol. The molecule has 0 saturated carbocycles. The van der Waals surface area contributed by atoms with Gasteiger partial charge in [0.1, 0.15) is 5.75 Å². The molecule has 0 amide bonds. The molecular weight excluding hydrogens is 276 g/mol. The summed E-state index contributed by atoms with van der Waals surface area (Å²) in [7, 11) is -3.20. The Bertz CT molecular complexity index is 510. The third kappa shape index (κ3) is 6.88. The molecule has 1 aromatic rings. The molecule has 0 aliphatic heterocycles. The van der Waals surface area contributed by atoms with E-state index in [-0.39, 0.29) is 0 Å². The standard InChI is InChI=1S/C14H24N2O3S/c1-5-19-13-8-6-12(7-9-13)10-15-11-14(2,3)16-20(4,17)18/h6-9,15-16H,5,10-11H2,1-4H3. The molecule has 0 radical (unpaired) electrons. The van der Waals surface area contributed by atoms with Gasteiger partial charge in [0, 0.05) is 18.6 Å². The number of nitrogens with one attached hydrogen (secondary N) is 2. The Labute approximate surface area is 121 Å². The summed E-state index contributed by atoms with van der Waals surface area (Å²) in [6.07, 6.45) is 1.17. The first-order chi connectivity index (χ1) is 9.22. The van der Waals surface area contributed by atoms with Crippen LogP contribution in [0.4, 0.5) is 0 Å². The van der Waals surface area contributed by atoms with Gasteiger partial charge in [-0.15, -0.1) is 0 Å². The van der Waals surface area contributed by atoms with E-state index >= 15 is 0 Å². The molecule has 0 unspecified atom stereocenters. The fourth-order valence-electron chi connectivity index (χ4n) is 1.93. The zero-order valence-electron chi connectivity index (χ0n) is 12.6. The van der Waals surface area contributed by atoms with Gasteiger partial charge in [0.25, 0.3) is 0 Å². The molecule has 5 nitrogen and oxygen atoms in total. The van der Waals surface area contributed by atoms with E-state index in [0.29, 0.717) is 19.7 Å². The van der Waals surface area contributed by atoms with E-state index in [1.807, 2.05) is 45.0 Å². The van der Waals surface area contributed by atoms with E-state index in [0.717, 1.165) is 11.3 Å². The highest BCUT2D eigenvalue weighted by atomic mass is 32.2. The van der Waals surface area contributed by atoms with Crippen LogP contribution < -0.4 is 14.8 Å². The van der Waals surface area contributed by atoms with Crippen molar-refractivity contribution < 1.29 is 13.2 Å². The van der Waals surface area contributed by atoms with Crippen molar-refractivity contribution in [3.8, 4) is 5.75 Å². The minimum atomic E-state index is -3.20. The van der Waals surface area contributed by atoms with Crippen molar-refractivity contribution in [1.29, 1.82) is 0 Å². The summed E-state index contributed by atoms with van der Waals surface area (Å²) < 4.78 is 30.4. The number of hydrogen-bond acceptors (Lipinski definition) is 4. The summed E-state index contributed by atoms with van der Waals surface area (Å²) in [4.78, 5) is 0. The van der Waals surface area contributed by atoms with Crippen LogP contribution in [0.15, 0.2) is 24.3 Å². The molecule has 1 aromatic carbocycles. The minimum Gasteiger partial charge on any atom is -0.494 e. The Morgan fingerprint density at radius 3 is 2.30 bits per heavy atom. The number of rotatable bonds is 8. The molecule has 6 heteroatoms. The number of hydrogen-bond donors (Lipinski definition) is 2. The average molecular weight is 300 g/mol. The smallest absolute Gasteiger partial charge is 0.209 e. The fourth-order valence-corrected chi connectivity index (χ4v) is 3.00. The quantitative estimate of drug-likeness (QED) is 0.763. The Morgan fingerprint density at radius 2 is 1.80 bits per heavy atom. The molecule has 0 spiro atoms. The number of benzene rings is 1. The van der Waals surface area contributed by atoms with Crippen LogP contribution in [0.5, 0.6) is 5.75 Å². The third-order valence-electron chi connectivity index (χ3n) is 2.59. The molecule has 114 valence electrons. The normalized spacial score (nSPS) is 12.4. The number of sulfonamides is 1. The van der Waals surface area contributed by atoms with Crippen LogP contribution in [0.3, 0.4) is 0 Å². The Morgan fingerprint density at radius 1 is 1.20 bits per heavy atom. The maximum atomic E-state index is 11.2. The molecule has 0 heterocycles. The molecule has 0 aliphatic carbocycles. The average Bonchev–Trinajstić information content (AvgIpc) is 2.28. The van der Waals surface area contributed by atoms with Crippen LogP contribution in [0.1, 0.15) is 26.3 Å². The molecule has 2 N–H and O–H groups in total. The molecule has 0 bridgehead atoms. The summed E-state index contributed by atoms with van der Waals surface area (Å²) in [6.45, 7) is 7.53. The van der Waals surface area contributed by atoms with Crippen LogP contribution >= 0.6 is 0 Å². The Kier molecular flexibility index (Phi) is 5.98. The van der Waals surface area contributed by atoms with Crippen LogP contribution in [0, 0.1) is 0 Å². The number of ether oxygens (including phenoxy) is 1. The van der Waals surface area contributed by atoms with Crippen LogP contribution in [0.25, 0.3) is 0 Å². The van der Waals surface area contributed by atoms with Gasteiger partial charge >= 0.3 is 0 Å². The largest absolute Gasteiger partial charge is 0.494 e. The maximum Gasteiger partial charge on any atom is 0.209 e. The van der Waals surface area contributed by atoms with Gasteiger partial charge in [0.05, 0.1) is 12.9 Å². The Balaban J connectivity index is 2.43. The highest BCUT2D eigenvalue weighted by Gasteiger charge is 2.21. The van der Waals surface area contributed by atoms with Gasteiger partial charge in [-0.3, -0.25) is 0 Å². The molecule has 20 heavy (non-hydrogen) atoms. The van der Waals surface area contributed by atoms with Gasteiger partial charge < -0.3 is 10.1 Å². The molecular formula is C14H24N2O3S. The highest BCUT2D eigenvalue weighted by molar-refractivity contribution is 7.88. The van der Waals surface area contributed by atoms with Crippen LogP contribution in [0.2, 0.25) is 0 Å². The second-order valence-electron chi connectivity index (χ2n) is 5.44. The van der Waals surface area contributed by atoms with E-state index in [1.165, 1.54) is 6.26 Å². The lowest BCUT2D eigenvalue weighted by Gasteiger charge is -2.25. The van der Waals surface area contributed by atoms with Gasteiger partial charge in [0.2, 0.25) is 10.0 Å². The topological polar surface area (TPSA) is 67.4 Å². The van der Waals surface area contributed by atoms with Gasteiger partial charge in [-0.2, -0.15) is 0 Å². The van der Waals surface area contributed by atoms with E-state index in [1.54, 1.807) is 0 Å². The van der Waals surface area contributed by atoms with Crippen molar-refractivity contribution >= 4 is 10.0 Å². The summed E-state index contributed by atoms with van der Waals surface area (Å²) >= 11 is 0. The molecule has 0 aliphatic rings. The molecule has 0 saturated heterocycles. The van der Waals surface area contributed by atoms with Crippen LogP contribution in [-0.4, -0.2) is 33.4 Å². The fraction of sp³-hybridized carbons (Fsp3) is 0.571. The molecule has 0 aromatic heterocycles. The van der Waals surface area contributed by atoms with Gasteiger partial charge in [-0.25, -0.2) is 13.1 Å². The maximum absolute atomic E-state index is 11.2. The lowest BCUT2D eigenvalue weighted by atomic mass is 10.1. The van der Waals surface area contributed by atoms with E-state index in [9.17, 15) is 8.42 Å². The van der Waals surface area contributed by atoms with Crippen molar-refractivity contribution in [3.63, 3.8) is 0 Å². The summed E-state index contributed by atoms with van der Waals surface area (Å²) in [6, 6.07) is 7.85. The first-order valence-electron chi connectivity index (χ1n) is 6.63. The predicted octanol–water partition coefficient (Wildman–Crippen LogP) is 1.50. The second kappa shape index (κ2) is 7.06.